The van der Waals surface area contributed by atoms with Crippen LogP contribution in [0.1, 0.15) is 36.7 Å². The largest absolute Gasteiger partial charge is 0.459 e. The lowest BCUT2D eigenvalue weighted by Crippen LogP contribution is -2.40. The molecule has 0 bridgehead atoms. The Labute approximate surface area is 174 Å². The maximum Gasteiger partial charge on any atom is 0.323 e. The Bertz CT molecular complexity index is 1050. The molecule has 1 unspecified atom stereocenters. The molecule has 0 aliphatic rings. The quantitative estimate of drug-likeness (QED) is 0.535. The van der Waals surface area contributed by atoms with Crippen molar-refractivity contribution >= 4 is 28.5 Å². The van der Waals surface area contributed by atoms with Crippen molar-refractivity contribution in [2.45, 2.75) is 38.8 Å². The number of benzene rings is 2. The molecule has 0 aliphatic heterocycles. The zero-order valence-corrected chi connectivity index (χ0v) is 17.5. The Kier molecular flexibility index (Phi) is 6.22. The summed E-state index contributed by atoms with van der Waals surface area (Å²) < 4.78 is 18.6. The van der Waals surface area contributed by atoms with Crippen molar-refractivity contribution in [1.82, 2.24) is 10.3 Å². The monoisotopic (exact) mass is 411 g/mol. The molecule has 0 fully saturated rings. The minimum absolute atomic E-state index is 0.319. The molecule has 6 nitrogen and oxygen atoms in total. The van der Waals surface area contributed by atoms with Crippen LogP contribution in [-0.2, 0) is 16.0 Å². The van der Waals surface area contributed by atoms with Gasteiger partial charge in [-0.25, -0.2) is 4.39 Å². The second-order valence-electron chi connectivity index (χ2n) is 8.11. The third-order valence-corrected chi connectivity index (χ3v) is 4.60. The maximum absolute atomic E-state index is 13.1. The van der Waals surface area contributed by atoms with Crippen molar-refractivity contribution in [3.05, 3.63) is 65.6 Å². The summed E-state index contributed by atoms with van der Waals surface area (Å²) in [7, 11) is 1.72. The molecule has 3 rings (SSSR count). The van der Waals surface area contributed by atoms with E-state index in [0.717, 1.165) is 16.5 Å². The molecule has 0 spiro atoms. The first-order valence-electron chi connectivity index (χ1n) is 9.73. The van der Waals surface area contributed by atoms with Gasteiger partial charge >= 0.3 is 5.97 Å². The number of amides is 1. The van der Waals surface area contributed by atoms with E-state index in [1.165, 1.54) is 24.3 Å². The van der Waals surface area contributed by atoms with Crippen LogP contribution in [0.3, 0.4) is 0 Å². The fraction of sp³-hybridized carbons (Fsp3) is 0.304. The molecular weight excluding hydrogens is 385 g/mol. The molecule has 1 amide bonds. The number of ether oxygens (including phenoxy) is 1. The van der Waals surface area contributed by atoms with Gasteiger partial charge in [-0.15, -0.1) is 0 Å². The first-order valence-corrected chi connectivity index (χ1v) is 9.73. The number of anilines is 1. The maximum atomic E-state index is 13.1. The van der Waals surface area contributed by atoms with E-state index >= 15 is 0 Å². The number of carbonyl (C=O) groups is 2. The predicted molar refractivity (Wildman–Crippen MR) is 115 cm³/mol. The van der Waals surface area contributed by atoms with Gasteiger partial charge in [0.1, 0.15) is 17.5 Å². The van der Waals surface area contributed by atoms with E-state index < -0.39 is 17.5 Å². The smallest absolute Gasteiger partial charge is 0.323 e. The summed E-state index contributed by atoms with van der Waals surface area (Å²) >= 11 is 0. The molecule has 1 aromatic heterocycles. The molecule has 1 atom stereocenters. The minimum atomic E-state index is -0.565. The second-order valence-corrected chi connectivity index (χ2v) is 8.11. The van der Waals surface area contributed by atoms with Crippen LogP contribution in [0.15, 0.2) is 48.7 Å². The number of aromatic nitrogens is 1. The molecule has 30 heavy (non-hydrogen) atoms. The summed E-state index contributed by atoms with van der Waals surface area (Å²) in [5.74, 6) is -1.04. The van der Waals surface area contributed by atoms with E-state index in [1.807, 2.05) is 39.1 Å². The molecule has 158 valence electrons. The van der Waals surface area contributed by atoms with Crippen LogP contribution >= 0.6 is 0 Å². The molecule has 1 heterocycles. The number of likely N-dealkylation sites (N-methyl/N-ethyl adjacent to an activating group) is 1. The van der Waals surface area contributed by atoms with Crippen molar-refractivity contribution in [1.29, 1.82) is 0 Å². The summed E-state index contributed by atoms with van der Waals surface area (Å²) in [5, 5.41) is 6.74. The van der Waals surface area contributed by atoms with Crippen molar-refractivity contribution in [2.75, 3.05) is 12.4 Å². The van der Waals surface area contributed by atoms with Gasteiger partial charge in [0.2, 0.25) is 0 Å². The topological polar surface area (TPSA) is 83.2 Å². The molecule has 0 saturated heterocycles. The lowest BCUT2D eigenvalue weighted by atomic mass is 10.0. The Balaban J connectivity index is 1.79. The summed E-state index contributed by atoms with van der Waals surface area (Å²) in [4.78, 5) is 28.1. The van der Waals surface area contributed by atoms with Gasteiger partial charge in [0.15, 0.2) is 0 Å². The highest BCUT2D eigenvalue weighted by Gasteiger charge is 2.25. The Morgan fingerprint density at radius 3 is 2.47 bits per heavy atom. The van der Waals surface area contributed by atoms with Crippen LogP contribution < -0.4 is 10.6 Å². The highest BCUT2D eigenvalue weighted by atomic mass is 19.1. The summed E-state index contributed by atoms with van der Waals surface area (Å²) in [6.07, 6.45) is 2.28. The van der Waals surface area contributed by atoms with Crippen molar-refractivity contribution in [3.8, 4) is 0 Å². The molecule has 2 aromatic carbocycles. The van der Waals surface area contributed by atoms with Crippen molar-refractivity contribution in [3.63, 3.8) is 0 Å². The molecule has 0 aliphatic carbocycles. The van der Waals surface area contributed by atoms with E-state index in [4.69, 9.17) is 4.74 Å². The number of hydrogen-bond donors (Lipinski definition) is 3. The third-order valence-electron chi connectivity index (χ3n) is 4.60. The number of rotatable bonds is 6. The van der Waals surface area contributed by atoms with Crippen LogP contribution in [0.25, 0.3) is 10.9 Å². The number of halogens is 1. The molecule has 3 aromatic rings. The lowest BCUT2D eigenvalue weighted by molar-refractivity contribution is -0.157. The van der Waals surface area contributed by atoms with E-state index in [2.05, 4.69) is 15.6 Å². The first-order chi connectivity index (χ1) is 14.2. The van der Waals surface area contributed by atoms with Crippen molar-refractivity contribution < 1.29 is 18.7 Å². The SMILES string of the molecule is CNC(Cc1c[nH]c2ccc(NC(=O)c3ccc(F)cc3)cc12)C(=O)OC(C)(C)C. The van der Waals surface area contributed by atoms with Gasteiger partial charge in [-0.3, -0.25) is 9.59 Å². The molecule has 3 N–H and O–H groups in total. The van der Waals surface area contributed by atoms with Gasteiger partial charge in [0.05, 0.1) is 0 Å². The van der Waals surface area contributed by atoms with Gasteiger partial charge in [0, 0.05) is 34.8 Å². The summed E-state index contributed by atoms with van der Waals surface area (Å²) in [6.45, 7) is 5.50. The molecule has 7 heteroatoms. The number of nitrogens with one attached hydrogen (secondary N) is 3. The van der Waals surface area contributed by atoms with Crippen LogP contribution in [0.2, 0.25) is 0 Å². The van der Waals surface area contributed by atoms with Crippen molar-refractivity contribution in [2.24, 2.45) is 0 Å². The van der Waals surface area contributed by atoms with Gasteiger partial charge in [0.25, 0.3) is 5.91 Å². The fourth-order valence-electron chi connectivity index (χ4n) is 3.13. The van der Waals surface area contributed by atoms with Crippen LogP contribution in [-0.4, -0.2) is 35.6 Å². The Hall–Kier alpha value is -3.19. The zero-order chi connectivity index (χ0) is 21.9. The van der Waals surface area contributed by atoms with Crippen LogP contribution in [0.5, 0.6) is 0 Å². The fourth-order valence-corrected chi connectivity index (χ4v) is 3.13. The summed E-state index contributed by atoms with van der Waals surface area (Å²) in [6, 6.07) is 10.4. The predicted octanol–water partition coefficient (Wildman–Crippen LogP) is 4.03. The second kappa shape index (κ2) is 8.67. The Morgan fingerprint density at radius 2 is 1.83 bits per heavy atom. The normalized spacial score (nSPS) is 12.6. The minimum Gasteiger partial charge on any atom is -0.459 e. The van der Waals surface area contributed by atoms with Gasteiger partial charge < -0.3 is 20.4 Å². The van der Waals surface area contributed by atoms with Gasteiger partial charge in [-0.05, 0) is 75.8 Å². The number of H-pyrrole nitrogens is 1. The molecule has 0 radical (unpaired) electrons. The third kappa shape index (κ3) is 5.24. The van der Waals surface area contributed by atoms with E-state index in [0.29, 0.717) is 17.7 Å². The standard InChI is InChI=1S/C23H26FN3O3/c1-23(2,3)30-22(29)20(25-4)11-15-13-26-19-10-9-17(12-18(15)19)27-21(28)14-5-7-16(24)8-6-14/h5-10,12-13,20,25-26H,11H2,1-4H3,(H,27,28). The van der Waals surface area contributed by atoms with Crippen LogP contribution in [0.4, 0.5) is 10.1 Å². The van der Waals surface area contributed by atoms with Gasteiger partial charge in [-0.1, -0.05) is 0 Å². The number of carbonyl (C=O) groups excluding carboxylic acids is 2. The average Bonchev–Trinajstić information content (AvgIpc) is 3.07. The first kappa shape index (κ1) is 21.5. The average molecular weight is 411 g/mol. The van der Waals surface area contributed by atoms with Crippen LogP contribution in [0, 0.1) is 5.82 Å². The highest BCUT2D eigenvalue weighted by Crippen LogP contribution is 2.24. The number of aromatic amines is 1. The lowest BCUT2D eigenvalue weighted by Gasteiger charge is -2.23. The highest BCUT2D eigenvalue weighted by molar-refractivity contribution is 6.05. The van der Waals surface area contributed by atoms with E-state index in [1.54, 1.807) is 13.1 Å². The number of esters is 1. The molecule has 0 saturated carbocycles. The van der Waals surface area contributed by atoms with E-state index in [9.17, 15) is 14.0 Å². The van der Waals surface area contributed by atoms with Gasteiger partial charge in [-0.2, -0.15) is 0 Å². The van der Waals surface area contributed by atoms with E-state index in [-0.39, 0.29) is 11.9 Å². The molecular formula is C23H26FN3O3. The number of hydrogen-bond acceptors (Lipinski definition) is 4. The Morgan fingerprint density at radius 1 is 1.13 bits per heavy atom. The number of fused-ring (bicyclic) bond motifs is 1. The summed E-state index contributed by atoms with van der Waals surface area (Å²) in [5.41, 5.74) is 2.23. The zero-order valence-electron chi connectivity index (χ0n) is 17.5.